The van der Waals surface area contributed by atoms with Gasteiger partial charge in [-0.05, 0) is 43.2 Å². The van der Waals surface area contributed by atoms with Crippen LogP contribution in [-0.2, 0) is 11.2 Å². The minimum absolute atomic E-state index is 0.0445. The monoisotopic (exact) mass is 323 g/mol. The number of likely N-dealkylation sites (N-methyl/N-ethyl adjacent to an activating group) is 1. The first-order chi connectivity index (χ1) is 11.6. The van der Waals surface area contributed by atoms with Crippen LogP contribution in [0.1, 0.15) is 28.9 Å². The van der Waals surface area contributed by atoms with Crippen molar-refractivity contribution in [3.05, 3.63) is 59.9 Å². The summed E-state index contributed by atoms with van der Waals surface area (Å²) < 4.78 is 0. The number of hydrogen-bond donors (Lipinski definition) is 1. The van der Waals surface area contributed by atoms with Crippen LogP contribution in [0, 0.1) is 5.92 Å². The average Bonchev–Trinajstić information content (AvgIpc) is 3.45. The number of benzene rings is 1. The number of carbonyl (C=O) groups excluding carboxylic acids is 2. The third-order valence-corrected chi connectivity index (χ3v) is 4.10. The van der Waals surface area contributed by atoms with E-state index in [1.807, 2.05) is 24.3 Å². The van der Waals surface area contributed by atoms with Crippen LogP contribution >= 0.6 is 0 Å². The molecule has 5 nitrogen and oxygen atoms in total. The molecule has 0 radical (unpaired) electrons. The molecule has 0 spiro atoms. The third-order valence-electron chi connectivity index (χ3n) is 4.10. The summed E-state index contributed by atoms with van der Waals surface area (Å²) in [7, 11) is 1.78. The summed E-state index contributed by atoms with van der Waals surface area (Å²) in [5.41, 5.74) is 2.21. The predicted molar refractivity (Wildman–Crippen MR) is 92.7 cm³/mol. The SMILES string of the molecule is CN(CCc1ccccn1)C(=O)c1cccc(NC(=O)C2CC2)c1. The highest BCUT2D eigenvalue weighted by atomic mass is 16.2. The Labute approximate surface area is 141 Å². The number of carbonyl (C=O) groups is 2. The van der Waals surface area contributed by atoms with Gasteiger partial charge >= 0.3 is 0 Å². The number of pyridine rings is 1. The van der Waals surface area contributed by atoms with Crippen molar-refractivity contribution < 1.29 is 9.59 Å². The molecule has 5 heteroatoms. The maximum Gasteiger partial charge on any atom is 0.253 e. The minimum atomic E-state index is -0.0616. The average molecular weight is 323 g/mol. The van der Waals surface area contributed by atoms with Crippen LogP contribution in [0.25, 0.3) is 0 Å². The molecule has 1 aromatic carbocycles. The molecule has 3 rings (SSSR count). The molecule has 1 fully saturated rings. The Hall–Kier alpha value is -2.69. The van der Waals surface area contributed by atoms with E-state index in [1.165, 1.54) is 0 Å². The van der Waals surface area contributed by atoms with Crippen molar-refractivity contribution in [2.45, 2.75) is 19.3 Å². The molecule has 24 heavy (non-hydrogen) atoms. The molecule has 124 valence electrons. The zero-order valence-corrected chi connectivity index (χ0v) is 13.7. The first-order valence-electron chi connectivity index (χ1n) is 8.20. The van der Waals surface area contributed by atoms with E-state index in [1.54, 1.807) is 36.3 Å². The second kappa shape index (κ2) is 7.25. The predicted octanol–water partition coefficient (Wildman–Crippen LogP) is 2.74. The van der Waals surface area contributed by atoms with Gasteiger partial charge in [-0.15, -0.1) is 0 Å². The Balaban J connectivity index is 1.60. The van der Waals surface area contributed by atoms with Crippen molar-refractivity contribution in [2.24, 2.45) is 5.92 Å². The molecule has 0 aliphatic heterocycles. The van der Waals surface area contributed by atoms with E-state index in [0.29, 0.717) is 24.2 Å². The Bertz CT molecular complexity index is 726. The summed E-state index contributed by atoms with van der Waals surface area (Å²) in [4.78, 5) is 30.3. The zero-order valence-electron chi connectivity index (χ0n) is 13.7. The van der Waals surface area contributed by atoms with Crippen LogP contribution in [0.4, 0.5) is 5.69 Å². The van der Waals surface area contributed by atoms with Crippen LogP contribution in [0.3, 0.4) is 0 Å². The topological polar surface area (TPSA) is 62.3 Å². The molecule has 2 amide bonds. The standard InChI is InChI=1S/C19H21N3O2/c1-22(12-10-16-6-2-3-11-20-16)19(24)15-5-4-7-17(13-15)21-18(23)14-8-9-14/h2-7,11,13-14H,8-10,12H2,1H3,(H,21,23). The molecule has 1 heterocycles. The first-order valence-corrected chi connectivity index (χ1v) is 8.20. The van der Waals surface area contributed by atoms with Crippen molar-refractivity contribution in [3.8, 4) is 0 Å². The number of rotatable bonds is 6. The molecule has 0 unspecified atom stereocenters. The van der Waals surface area contributed by atoms with Gasteiger partial charge in [0, 0.05) is 49.1 Å². The Morgan fingerprint density at radius 3 is 2.75 bits per heavy atom. The van der Waals surface area contributed by atoms with Gasteiger partial charge in [0.15, 0.2) is 0 Å². The second-order valence-electron chi connectivity index (χ2n) is 6.14. The van der Waals surface area contributed by atoms with Gasteiger partial charge in [0.05, 0.1) is 0 Å². The van der Waals surface area contributed by atoms with Gasteiger partial charge < -0.3 is 10.2 Å². The van der Waals surface area contributed by atoms with Gasteiger partial charge in [0.1, 0.15) is 0 Å². The van der Waals surface area contributed by atoms with Crippen LogP contribution in [0.15, 0.2) is 48.7 Å². The van der Waals surface area contributed by atoms with E-state index in [9.17, 15) is 9.59 Å². The number of aromatic nitrogens is 1. The Kier molecular flexibility index (Phi) is 4.89. The number of amides is 2. The van der Waals surface area contributed by atoms with Gasteiger partial charge in [-0.3, -0.25) is 14.6 Å². The number of hydrogen-bond acceptors (Lipinski definition) is 3. The van der Waals surface area contributed by atoms with Crippen molar-refractivity contribution in [1.29, 1.82) is 0 Å². The van der Waals surface area contributed by atoms with E-state index in [2.05, 4.69) is 10.3 Å². The first kappa shape index (κ1) is 16.2. The lowest BCUT2D eigenvalue weighted by Crippen LogP contribution is -2.29. The highest BCUT2D eigenvalue weighted by Gasteiger charge is 2.29. The van der Waals surface area contributed by atoms with Gasteiger partial charge in [-0.2, -0.15) is 0 Å². The quantitative estimate of drug-likeness (QED) is 0.889. The fourth-order valence-electron chi connectivity index (χ4n) is 2.47. The zero-order chi connectivity index (χ0) is 16.9. The van der Waals surface area contributed by atoms with E-state index in [0.717, 1.165) is 18.5 Å². The van der Waals surface area contributed by atoms with Crippen molar-refractivity contribution >= 4 is 17.5 Å². The van der Waals surface area contributed by atoms with Crippen molar-refractivity contribution in [3.63, 3.8) is 0 Å². The fourth-order valence-corrected chi connectivity index (χ4v) is 2.47. The maximum absolute atomic E-state index is 12.5. The second-order valence-corrected chi connectivity index (χ2v) is 6.14. The maximum atomic E-state index is 12.5. The van der Waals surface area contributed by atoms with Gasteiger partial charge in [0.25, 0.3) is 5.91 Å². The van der Waals surface area contributed by atoms with Crippen LogP contribution in [-0.4, -0.2) is 35.3 Å². The molecule has 0 atom stereocenters. The molecule has 0 bridgehead atoms. The Morgan fingerprint density at radius 1 is 1.21 bits per heavy atom. The lowest BCUT2D eigenvalue weighted by Gasteiger charge is -2.17. The third kappa shape index (κ3) is 4.19. The summed E-state index contributed by atoms with van der Waals surface area (Å²) in [5, 5.41) is 2.88. The summed E-state index contributed by atoms with van der Waals surface area (Å²) in [6.07, 6.45) is 4.38. The van der Waals surface area contributed by atoms with E-state index in [-0.39, 0.29) is 17.7 Å². The van der Waals surface area contributed by atoms with Gasteiger partial charge in [0.2, 0.25) is 5.91 Å². The lowest BCUT2D eigenvalue weighted by molar-refractivity contribution is -0.117. The molecule has 1 aliphatic carbocycles. The summed E-state index contributed by atoms with van der Waals surface area (Å²) in [5.74, 6) is 0.127. The molecule has 2 aromatic rings. The number of nitrogens with zero attached hydrogens (tertiary/aromatic N) is 2. The molecule has 1 aromatic heterocycles. The molecular weight excluding hydrogens is 302 g/mol. The fraction of sp³-hybridized carbons (Fsp3) is 0.316. The Morgan fingerprint density at radius 2 is 2.04 bits per heavy atom. The van der Waals surface area contributed by atoms with Crippen molar-refractivity contribution in [2.75, 3.05) is 18.9 Å². The molecule has 1 N–H and O–H groups in total. The number of nitrogens with one attached hydrogen (secondary N) is 1. The molecule has 0 saturated heterocycles. The molecular formula is C19H21N3O2. The van der Waals surface area contributed by atoms with Gasteiger partial charge in [-0.1, -0.05) is 12.1 Å². The minimum Gasteiger partial charge on any atom is -0.341 e. The van der Waals surface area contributed by atoms with Gasteiger partial charge in [-0.25, -0.2) is 0 Å². The summed E-state index contributed by atoms with van der Waals surface area (Å²) in [6, 6.07) is 12.9. The van der Waals surface area contributed by atoms with Crippen LogP contribution in [0.2, 0.25) is 0 Å². The summed E-state index contributed by atoms with van der Waals surface area (Å²) in [6.45, 7) is 0.592. The number of anilines is 1. The lowest BCUT2D eigenvalue weighted by atomic mass is 10.1. The van der Waals surface area contributed by atoms with E-state index < -0.39 is 0 Å². The molecule has 1 saturated carbocycles. The summed E-state index contributed by atoms with van der Waals surface area (Å²) >= 11 is 0. The highest BCUT2D eigenvalue weighted by Crippen LogP contribution is 2.30. The highest BCUT2D eigenvalue weighted by molar-refractivity contribution is 5.98. The van der Waals surface area contributed by atoms with Crippen LogP contribution in [0.5, 0.6) is 0 Å². The van der Waals surface area contributed by atoms with Crippen LogP contribution < -0.4 is 5.32 Å². The normalized spacial score (nSPS) is 13.4. The molecule has 1 aliphatic rings. The smallest absolute Gasteiger partial charge is 0.253 e. The van der Waals surface area contributed by atoms with E-state index >= 15 is 0 Å². The van der Waals surface area contributed by atoms with Crippen molar-refractivity contribution in [1.82, 2.24) is 9.88 Å². The largest absolute Gasteiger partial charge is 0.341 e. The van der Waals surface area contributed by atoms with E-state index in [4.69, 9.17) is 0 Å².